The van der Waals surface area contributed by atoms with E-state index in [0.717, 1.165) is 21.7 Å². The summed E-state index contributed by atoms with van der Waals surface area (Å²) in [4.78, 5) is 29.3. The van der Waals surface area contributed by atoms with Gasteiger partial charge in [-0.25, -0.2) is 8.42 Å². The van der Waals surface area contributed by atoms with Gasteiger partial charge in [-0.05, 0) is 41.3 Å². The third-order valence-electron chi connectivity index (χ3n) is 6.46. The number of hydrogen-bond acceptors (Lipinski definition) is 6. The molecule has 220 valence electrons. The molecule has 1 unspecified atom stereocenters. The second-order valence-electron chi connectivity index (χ2n) is 10.2. The van der Waals surface area contributed by atoms with Gasteiger partial charge in [0, 0.05) is 25.6 Å². The van der Waals surface area contributed by atoms with E-state index in [1.54, 1.807) is 49.6 Å². The van der Waals surface area contributed by atoms with Gasteiger partial charge in [-0.15, -0.1) is 0 Å². The molecule has 0 aromatic heterocycles. The molecule has 3 rings (SSSR count). The van der Waals surface area contributed by atoms with E-state index >= 15 is 0 Å². The van der Waals surface area contributed by atoms with Gasteiger partial charge < -0.3 is 19.7 Å². The molecule has 1 N–H and O–H groups in total. The summed E-state index contributed by atoms with van der Waals surface area (Å²) < 4.78 is 37.5. The van der Waals surface area contributed by atoms with E-state index < -0.39 is 28.5 Å². The molecule has 0 saturated carbocycles. The standard InChI is InChI=1S/C31H39N3O6S/c1-23(2)20-32-31(36)29(18-24-11-7-6-8-12-24)33(21-25-13-9-15-27(17-25)39-3)30(35)22-34(41(5,37)38)26-14-10-16-28(19-26)40-4/h6-17,19,23,29H,18,20-22H2,1-5H3,(H,32,36). The maximum absolute atomic E-state index is 14.1. The summed E-state index contributed by atoms with van der Waals surface area (Å²) in [7, 11) is -0.837. The highest BCUT2D eigenvalue weighted by Gasteiger charge is 2.33. The van der Waals surface area contributed by atoms with Gasteiger partial charge in [0.25, 0.3) is 0 Å². The highest BCUT2D eigenvalue weighted by Crippen LogP contribution is 2.24. The van der Waals surface area contributed by atoms with Crippen LogP contribution in [0, 0.1) is 5.92 Å². The summed E-state index contributed by atoms with van der Waals surface area (Å²) in [5.41, 5.74) is 1.89. The lowest BCUT2D eigenvalue weighted by Gasteiger charge is -2.33. The Morgan fingerprint density at radius 1 is 0.854 bits per heavy atom. The Bertz CT molecular complexity index is 1410. The van der Waals surface area contributed by atoms with Gasteiger partial charge in [-0.3, -0.25) is 13.9 Å². The van der Waals surface area contributed by atoms with Crippen LogP contribution in [0.25, 0.3) is 0 Å². The lowest BCUT2D eigenvalue weighted by atomic mass is 10.0. The van der Waals surface area contributed by atoms with E-state index in [9.17, 15) is 18.0 Å². The zero-order valence-corrected chi connectivity index (χ0v) is 25.1. The molecular weight excluding hydrogens is 542 g/mol. The molecule has 0 saturated heterocycles. The molecule has 0 aliphatic rings. The Hall–Kier alpha value is -4.05. The van der Waals surface area contributed by atoms with E-state index in [1.165, 1.54) is 12.0 Å². The third kappa shape index (κ3) is 9.24. The van der Waals surface area contributed by atoms with Crippen molar-refractivity contribution in [3.63, 3.8) is 0 Å². The summed E-state index contributed by atoms with van der Waals surface area (Å²) in [6.45, 7) is 3.98. The van der Waals surface area contributed by atoms with E-state index in [2.05, 4.69) is 5.32 Å². The minimum absolute atomic E-state index is 0.0678. The fraction of sp³-hybridized carbons (Fsp3) is 0.355. The average molecular weight is 582 g/mol. The molecule has 0 radical (unpaired) electrons. The smallest absolute Gasteiger partial charge is 0.244 e. The first-order valence-corrected chi connectivity index (χ1v) is 15.2. The molecule has 1 atom stereocenters. The zero-order valence-electron chi connectivity index (χ0n) is 24.2. The Morgan fingerprint density at radius 3 is 2.07 bits per heavy atom. The number of nitrogens with one attached hydrogen (secondary N) is 1. The van der Waals surface area contributed by atoms with Crippen LogP contribution >= 0.6 is 0 Å². The van der Waals surface area contributed by atoms with Crippen LogP contribution < -0.4 is 19.1 Å². The molecular formula is C31H39N3O6S. The summed E-state index contributed by atoms with van der Waals surface area (Å²) in [5, 5.41) is 2.97. The lowest BCUT2D eigenvalue weighted by molar-refractivity contribution is -0.140. The maximum Gasteiger partial charge on any atom is 0.244 e. The number of amides is 2. The number of rotatable bonds is 14. The molecule has 3 aromatic rings. The fourth-order valence-electron chi connectivity index (χ4n) is 4.32. The number of anilines is 1. The second-order valence-corrected chi connectivity index (χ2v) is 12.1. The first kappa shape index (κ1) is 31.5. The minimum atomic E-state index is -3.87. The van der Waals surface area contributed by atoms with Gasteiger partial charge in [0.2, 0.25) is 21.8 Å². The van der Waals surface area contributed by atoms with Crippen molar-refractivity contribution in [3.05, 3.63) is 90.0 Å². The van der Waals surface area contributed by atoms with Crippen LogP contribution in [-0.4, -0.2) is 64.7 Å². The molecule has 3 aromatic carbocycles. The topological polar surface area (TPSA) is 105 Å². The van der Waals surface area contributed by atoms with Gasteiger partial charge in [0.15, 0.2) is 0 Å². The Labute approximate surface area is 243 Å². The summed E-state index contributed by atoms with van der Waals surface area (Å²) >= 11 is 0. The quantitative estimate of drug-likeness (QED) is 0.310. The number of benzene rings is 3. The number of nitrogens with zero attached hydrogens (tertiary/aromatic N) is 2. The van der Waals surface area contributed by atoms with Gasteiger partial charge in [-0.2, -0.15) is 0 Å². The third-order valence-corrected chi connectivity index (χ3v) is 7.60. The second kappa shape index (κ2) is 14.5. The van der Waals surface area contributed by atoms with Crippen molar-refractivity contribution in [2.24, 2.45) is 5.92 Å². The van der Waals surface area contributed by atoms with Crippen LogP contribution in [0.5, 0.6) is 11.5 Å². The maximum atomic E-state index is 14.1. The van der Waals surface area contributed by atoms with Crippen LogP contribution in [0.15, 0.2) is 78.9 Å². The molecule has 0 aliphatic carbocycles. The van der Waals surface area contributed by atoms with Crippen LogP contribution in [0.4, 0.5) is 5.69 Å². The summed E-state index contributed by atoms with van der Waals surface area (Å²) in [6.07, 6.45) is 1.29. The van der Waals surface area contributed by atoms with E-state index in [-0.39, 0.29) is 30.5 Å². The zero-order chi connectivity index (χ0) is 30.0. The summed E-state index contributed by atoms with van der Waals surface area (Å²) in [5.74, 6) is 0.417. The predicted octanol–water partition coefficient (Wildman–Crippen LogP) is 3.88. The fourth-order valence-corrected chi connectivity index (χ4v) is 5.16. The largest absolute Gasteiger partial charge is 0.497 e. The molecule has 0 fully saturated rings. The monoisotopic (exact) mass is 581 g/mol. The summed E-state index contributed by atoms with van der Waals surface area (Å²) in [6, 6.07) is 22.3. The molecule has 10 heteroatoms. The Morgan fingerprint density at radius 2 is 1.46 bits per heavy atom. The normalized spacial score (nSPS) is 12.0. The molecule has 0 heterocycles. The molecule has 41 heavy (non-hydrogen) atoms. The van der Waals surface area contributed by atoms with E-state index in [0.29, 0.717) is 18.0 Å². The molecule has 0 spiro atoms. The number of hydrogen-bond donors (Lipinski definition) is 1. The highest BCUT2D eigenvalue weighted by molar-refractivity contribution is 7.92. The van der Waals surface area contributed by atoms with Crippen LogP contribution in [0.1, 0.15) is 25.0 Å². The van der Waals surface area contributed by atoms with Gasteiger partial charge in [0.1, 0.15) is 24.1 Å². The number of sulfonamides is 1. The van der Waals surface area contributed by atoms with Crippen molar-refractivity contribution in [2.45, 2.75) is 32.9 Å². The van der Waals surface area contributed by atoms with Crippen molar-refractivity contribution in [2.75, 3.05) is 37.9 Å². The number of methoxy groups -OCH3 is 2. The van der Waals surface area contributed by atoms with Crippen LogP contribution in [0.3, 0.4) is 0 Å². The van der Waals surface area contributed by atoms with Crippen molar-refractivity contribution < 1.29 is 27.5 Å². The van der Waals surface area contributed by atoms with Crippen molar-refractivity contribution >= 4 is 27.5 Å². The van der Waals surface area contributed by atoms with Gasteiger partial charge in [0.05, 0.1) is 26.2 Å². The molecule has 0 aliphatic heterocycles. The van der Waals surface area contributed by atoms with Crippen molar-refractivity contribution in [1.82, 2.24) is 10.2 Å². The number of carbonyl (C=O) groups is 2. The number of ether oxygens (including phenoxy) is 2. The van der Waals surface area contributed by atoms with E-state index in [4.69, 9.17) is 9.47 Å². The average Bonchev–Trinajstić information content (AvgIpc) is 2.96. The Kier molecular flexibility index (Phi) is 11.2. The lowest BCUT2D eigenvalue weighted by Crippen LogP contribution is -2.53. The molecule has 9 nitrogen and oxygen atoms in total. The van der Waals surface area contributed by atoms with Crippen LogP contribution in [-0.2, 0) is 32.6 Å². The number of carbonyl (C=O) groups excluding carboxylic acids is 2. The first-order valence-electron chi connectivity index (χ1n) is 13.4. The van der Waals surface area contributed by atoms with Crippen LogP contribution in [0.2, 0.25) is 0 Å². The SMILES string of the molecule is COc1cccc(CN(C(=O)CN(c2cccc(OC)c2)S(C)(=O)=O)C(Cc2ccccc2)C(=O)NCC(C)C)c1. The van der Waals surface area contributed by atoms with Crippen molar-refractivity contribution in [1.29, 1.82) is 0 Å². The van der Waals surface area contributed by atoms with Crippen molar-refractivity contribution in [3.8, 4) is 11.5 Å². The Balaban J connectivity index is 2.06. The molecule has 2 amide bonds. The van der Waals surface area contributed by atoms with Gasteiger partial charge >= 0.3 is 0 Å². The minimum Gasteiger partial charge on any atom is -0.497 e. The molecule has 0 bridgehead atoms. The predicted molar refractivity (Wildman–Crippen MR) is 161 cm³/mol. The van der Waals surface area contributed by atoms with E-state index in [1.807, 2.05) is 50.2 Å². The highest BCUT2D eigenvalue weighted by atomic mass is 32.2. The van der Waals surface area contributed by atoms with Gasteiger partial charge in [-0.1, -0.05) is 62.4 Å². The first-order chi connectivity index (χ1) is 19.5.